The lowest BCUT2D eigenvalue weighted by molar-refractivity contribution is -0.150. The lowest BCUT2D eigenvalue weighted by atomic mass is 10.1. The van der Waals surface area contributed by atoms with E-state index in [1.807, 2.05) is 0 Å². The molecular weight excluding hydrogens is 259 g/mol. The van der Waals surface area contributed by atoms with E-state index < -0.39 is 23.7 Å². The molecule has 1 atom stereocenters. The van der Waals surface area contributed by atoms with Crippen LogP contribution in [0.3, 0.4) is 0 Å². The van der Waals surface area contributed by atoms with Gasteiger partial charge in [-0.3, -0.25) is 5.10 Å². The van der Waals surface area contributed by atoms with Gasteiger partial charge in [-0.25, -0.2) is 4.98 Å². The van der Waals surface area contributed by atoms with Gasteiger partial charge < -0.3 is 10.9 Å². The van der Waals surface area contributed by atoms with Gasteiger partial charge in [0.1, 0.15) is 11.7 Å². The first-order valence-corrected chi connectivity index (χ1v) is 5.39. The number of aromatic amines is 1. The molecule has 1 rings (SSSR count). The number of hydrogen-bond acceptors (Lipinski definition) is 5. The molecular formula is C7H10F3N5OS. The van der Waals surface area contributed by atoms with Gasteiger partial charge in [-0.05, 0) is 6.92 Å². The number of alkyl halides is 3. The molecule has 0 aliphatic rings. The number of thioether (sulfide) groups is 1. The van der Waals surface area contributed by atoms with Crippen LogP contribution in [0.1, 0.15) is 5.82 Å². The van der Waals surface area contributed by atoms with Crippen LogP contribution in [-0.2, 0) is 0 Å². The second-order valence-corrected chi connectivity index (χ2v) is 4.12. The van der Waals surface area contributed by atoms with Crippen LogP contribution in [0.25, 0.3) is 0 Å². The molecule has 1 unspecified atom stereocenters. The van der Waals surface area contributed by atoms with E-state index in [0.717, 1.165) is 11.8 Å². The van der Waals surface area contributed by atoms with Crippen molar-refractivity contribution in [1.29, 1.82) is 0 Å². The summed E-state index contributed by atoms with van der Waals surface area (Å²) in [6.07, 6.45) is -4.57. The fraction of sp³-hybridized carbons (Fsp3) is 0.571. The zero-order valence-electron chi connectivity index (χ0n) is 8.69. The number of H-pyrrole nitrogens is 1. The van der Waals surface area contributed by atoms with E-state index in [1.165, 1.54) is 0 Å². The first-order chi connectivity index (χ1) is 7.84. The summed E-state index contributed by atoms with van der Waals surface area (Å²) in [6.45, 7) is 1.63. The van der Waals surface area contributed by atoms with Gasteiger partial charge in [0, 0.05) is 5.75 Å². The molecule has 10 heteroatoms. The standard InChI is InChI=1S/C7H10F3N5OS/c1-3-12-6(14-13-3)17-2-4(5(11)15-16)7(8,9)10/h4,16H,2H2,1H3,(H2,11,15)(H,12,13,14). The predicted molar refractivity (Wildman–Crippen MR) is 54.8 cm³/mol. The van der Waals surface area contributed by atoms with Crippen LogP contribution >= 0.6 is 11.8 Å². The molecule has 1 aromatic heterocycles. The van der Waals surface area contributed by atoms with E-state index in [1.54, 1.807) is 6.92 Å². The monoisotopic (exact) mass is 269 g/mol. The van der Waals surface area contributed by atoms with Crippen molar-refractivity contribution in [2.24, 2.45) is 16.8 Å². The molecule has 0 radical (unpaired) electrons. The highest BCUT2D eigenvalue weighted by atomic mass is 32.2. The number of amidine groups is 1. The first kappa shape index (κ1) is 13.6. The van der Waals surface area contributed by atoms with Crippen molar-refractivity contribution in [2.45, 2.75) is 18.3 Å². The maximum absolute atomic E-state index is 12.5. The minimum absolute atomic E-state index is 0.183. The quantitative estimate of drug-likeness (QED) is 0.250. The van der Waals surface area contributed by atoms with Crippen molar-refractivity contribution in [2.75, 3.05) is 5.75 Å². The summed E-state index contributed by atoms with van der Waals surface area (Å²) >= 11 is 0.775. The second-order valence-electron chi connectivity index (χ2n) is 3.13. The summed E-state index contributed by atoms with van der Waals surface area (Å²) in [6, 6.07) is 0. The van der Waals surface area contributed by atoms with E-state index in [4.69, 9.17) is 10.9 Å². The van der Waals surface area contributed by atoms with Crippen molar-refractivity contribution in [3.63, 3.8) is 0 Å². The molecule has 0 saturated heterocycles. The zero-order valence-corrected chi connectivity index (χ0v) is 9.51. The molecule has 96 valence electrons. The third-order valence-corrected chi connectivity index (χ3v) is 2.76. The highest BCUT2D eigenvalue weighted by Crippen LogP contribution is 2.30. The summed E-state index contributed by atoms with van der Waals surface area (Å²) in [4.78, 5) is 3.84. The van der Waals surface area contributed by atoms with Crippen LogP contribution in [0.5, 0.6) is 0 Å². The van der Waals surface area contributed by atoms with Gasteiger partial charge in [0.05, 0.1) is 0 Å². The average molecular weight is 269 g/mol. The molecule has 6 nitrogen and oxygen atoms in total. The van der Waals surface area contributed by atoms with Crippen LogP contribution in [0.4, 0.5) is 13.2 Å². The van der Waals surface area contributed by atoms with Gasteiger partial charge in [0.25, 0.3) is 0 Å². The maximum atomic E-state index is 12.5. The number of nitrogens with one attached hydrogen (secondary N) is 1. The highest BCUT2D eigenvalue weighted by molar-refractivity contribution is 7.99. The van der Waals surface area contributed by atoms with Crippen LogP contribution < -0.4 is 5.73 Å². The lowest BCUT2D eigenvalue weighted by Gasteiger charge is -2.17. The van der Waals surface area contributed by atoms with E-state index in [2.05, 4.69) is 20.3 Å². The number of nitrogens with zero attached hydrogens (tertiary/aromatic N) is 3. The van der Waals surface area contributed by atoms with E-state index >= 15 is 0 Å². The smallest absolute Gasteiger partial charge is 0.399 e. The molecule has 1 heterocycles. The number of aromatic nitrogens is 3. The molecule has 0 fully saturated rings. The van der Waals surface area contributed by atoms with Gasteiger partial charge in [-0.2, -0.15) is 13.2 Å². The summed E-state index contributed by atoms with van der Waals surface area (Å²) in [7, 11) is 0. The fourth-order valence-corrected chi connectivity index (χ4v) is 1.95. The SMILES string of the molecule is Cc1nc(SCC(C(N)=NO)C(F)(F)F)n[nH]1. The second kappa shape index (κ2) is 5.25. The molecule has 0 amide bonds. The van der Waals surface area contributed by atoms with Gasteiger partial charge in [0.15, 0.2) is 5.84 Å². The highest BCUT2D eigenvalue weighted by Gasteiger charge is 2.42. The zero-order chi connectivity index (χ0) is 13.1. The van der Waals surface area contributed by atoms with Crippen LogP contribution in [-0.4, -0.2) is 38.2 Å². The Morgan fingerprint density at radius 1 is 1.65 bits per heavy atom. The molecule has 0 bridgehead atoms. The Bertz CT molecular complexity index is 404. The molecule has 4 N–H and O–H groups in total. The third-order valence-electron chi connectivity index (χ3n) is 1.82. The lowest BCUT2D eigenvalue weighted by Crippen LogP contribution is -2.37. The molecule has 0 spiro atoms. The van der Waals surface area contributed by atoms with Gasteiger partial charge in [-0.1, -0.05) is 16.9 Å². The summed E-state index contributed by atoms with van der Waals surface area (Å²) in [5.41, 5.74) is 4.99. The molecule has 17 heavy (non-hydrogen) atoms. The molecule has 0 aliphatic carbocycles. The van der Waals surface area contributed by atoms with Crippen LogP contribution in [0, 0.1) is 12.8 Å². The number of oxime groups is 1. The average Bonchev–Trinajstić information content (AvgIpc) is 2.62. The Hall–Kier alpha value is -1.45. The van der Waals surface area contributed by atoms with E-state index in [-0.39, 0.29) is 5.16 Å². The number of rotatable bonds is 4. The fourth-order valence-electron chi connectivity index (χ4n) is 0.962. The minimum Gasteiger partial charge on any atom is -0.409 e. The summed E-state index contributed by atoms with van der Waals surface area (Å²) in [5.74, 6) is -2.86. The Kier molecular flexibility index (Phi) is 4.21. The first-order valence-electron chi connectivity index (χ1n) is 4.40. The Morgan fingerprint density at radius 2 is 2.29 bits per heavy atom. The molecule has 0 aromatic carbocycles. The van der Waals surface area contributed by atoms with Crippen LogP contribution in [0.15, 0.2) is 10.3 Å². The summed E-state index contributed by atoms with van der Waals surface area (Å²) in [5, 5.41) is 17.0. The predicted octanol–water partition coefficient (Wildman–Crippen LogP) is 1.13. The minimum atomic E-state index is -4.57. The van der Waals surface area contributed by atoms with Crippen molar-refractivity contribution in [3.05, 3.63) is 5.82 Å². The normalized spacial score (nSPS) is 14.9. The van der Waals surface area contributed by atoms with Crippen molar-refractivity contribution in [1.82, 2.24) is 15.2 Å². The molecule has 0 aliphatic heterocycles. The Morgan fingerprint density at radius 3 is 2.71 bits per heavy atom. The molecule has 0 saturated carbocycles. The number of halogens is 3. The Labute approximate surface area is 98.5 Å². The molecule has 1 aromatic rings. The van der Waals surface area contributed by atoms with Crippen molar-refractivity contribution in [3.8, 4) is 0 Å². The number of aryl methyl sites for hydroxylation is 1. The van der Waals surface area contributed by atoms with E-state index in [9.17, 15) is 13.2 Å². The largest absolute Gasteiger partial charge is 0.409 e. The number of hydrogen-bond donors (Lipinski definition) is 3. The van der Waals surface area contributed by atoms with Gasteiger partial charge in [0.2, 0.25) is 5.16 Å². The Balaban J connectivity index is 2.68. The maximum Gasteiger partial charge on any atom is 0.399 e. The van der Waals surface area contributed by atoms with Gasteiger partial charge >= 0.3 is 6.18 Å². The topological polar surface area (TPSA) is 100 Å². The van der Waals surface area contributed by atoms with Crippen LogP contribution in [0.2, 0.25) is 0 Å². The van der Waals surface area contributed by atoms with E-state index in [0.29, 0.717) is 5.82 Å². The number of nitrogens with two attached hydrogens (primary N) is 1. The van der Waals surface area contributed by atoms with Gasteiger partial charge in [-0.15, -0.1) is 5.10 Å². The van der Waals surface area contributed by atoms with Crippen molar-refractivity contribution < 1.29 is 18.4 Å². The third kappa shape index (κ3) is 3.80. The summed E-state index contributed by atoms with van der Waals surface area (Å²) < 4.78 is 37.6. The van der Waals surface area contributed by atoms with Crippen molar-refractivity contribution >= 4 is 17.6 Å².